The van der Waals surface area contributed by atoms with E-state index in [4.69, 9.17) is 5.73 Å². The lowest BCUT2D eigenvalue weighted by Gasteiger charge is -2.36. The van der Waals surface area contributed by atoms with Crippen LogP contribution in [0.4, 0.5) is 23.5 Å². The fourth-order valence-electron chi connectivity index (χ4n) is 3.26. The number of aromatic nitrogens is 4. The highest BCUT2D eigenvalue weighted by Crippen LogP contribution is 2.47. The SMILES string of the molecule is Cc1nc2c(F)cc(-c3nc(N)ncc3F)cc2n1C1CC(F)(F)C1. The number of nitrogen functional groups attached to an aromatic ring is 1. The van der Waals surface area contributed by atoms with Crippen LogP contribution in [0.1, 0.15) is 24.7 Å². The van der Waals surface area contributed by atoms with Crippen LogP contribution in [0, 0.1) is 18.6 Å². The molecule has 1 saturated carbocycles. The van der Waals surface area contributed by atoms with Gasteiger partial charge in [0.1, 0.15) is 17.0 Å². The van der Waals surface area contributed by atoms with E-state index in [9.17, 15) is 17.6 Å². The molecular weight excluding hydrogens is 338 g/mol. The average molecular weight is 351 g/mol. The maximum Gasteiger partial charge on any atom is 0.252 e. The Hall–Kier alpha value is -2.71. The molecule has 1 aliphatic carbocycles. The molecular formula is C16H13F4N5. The van der Waals surface area contributed by atoms with Gasteiger partial charge in [-0.1, -0.05) is 0 Å². The van der Waals surface area contributed by atoms with E-state index in [2.05, 4.69) is 15.0 Å². The van der Waals surface area contributed by atoms with Crippen molar-refractivity contribution in [3.8, 4) is 11.3 Å². The second kappa shape index (κ2) is 5.14. The summed E-state index contributed by atoms with van der Waals surface area (Å²) in [5.41, 5.74) is 5.84. The molecule has 2 aromatic heterocycles. The number of halogens is 4. The van der Waals surface area contributed by atoms with Gasteiger partial charge in [-0.05, 0) is 19.1 Å². The summed E-state index contributed by atoms with van der Waals surface area (Å²) in [6.07, 6.45) is 0.231. The lowest BCUT2D eigenvalue weighted by molar-refractivity contribution is -0.103. The predicted molar refractivity (Wildman–Crippen MR) is 83.0 cm³/mol. The van der Waals surface area contributed by atoms with Gasteiger partial charge in [-0.25, -0.2) is 32.5 Å². The second-order valence-electron chi connectivity index (χ2n) is 6.20. The van der Waals surface area contributed by atoms with Crippen LogP contribution in [0.2, 0.25) is 0 Å². The predicted octanol–water partition coefficient (Wildman–Crippen LogP) is 3.63. The molecule has 0 unspecified atom stereocenters. The van der Waals surface area contributed by atoms with Crippen LogP contribution in [-0.4, -0.2) is 25.4 Å². The lowest BCUT2D eigenvalue weighted by Crippen LogP contribution is -2.37. The van der Waals surface area contributed by atoms with Crippen molar-refractivity contribution in [1.29, 1.82) is 0 Å². The molecule has 0 aliphatic heterocycles. The normalized spacial score (nSPS) is 17.0. The quantitative estimate of drug-likeness (QED) is 0.716. The number of hydrogen-bond donors (Lipinski definition) is 1. The summed E-state index contributed by atoms with van der Waals surface area (Å²) in [4.78, 5) is 11.5. The molecule has 3 aromatic rings. The van der Waals surface area contributed by atoms with Crippen molar-refractivity contribution in [3.63, 3.8) is 0 Å². The lowest BCUT2D eigenvalue weighted by atomic mass is 9.87. The molecule has 0 bridgehead atoms. The smallest absolute Gasteiger partial charge is 0.252 e. The Bertz CT molecular complexity index is 990. The monoisotopic (exact) mass is 351 g/mol. The first-order chi connectivity index (χ1) is 11.7. The number of alkyl halides is 2. The molecule has 0 atom stereocenters. The van der Waals surface area contributed by atoms with E-state index in [0.717, 1.165) is 12.3 Å². The number of fused-ring (bicyclic) bond motifs is 1. The summed E-state index contributed by atoms with van der Waals surface area (Å²) in [7, 11) is 0. The third kappa shape index (κ3) is 2.50. The number of nitrogens with zero attached hydrogens (tertiary/aromatic N) is 4. The van der Waals surface area contributed by atoms with Crippen molar-refractivity contribution in [2.75, 3.05) is 5.73 Å². The number of imidazole rings is 1. The molecule has 25 heavy (non-hydrogen) atoms. The van der Waals surface area contributed by atoms with E-state index < -0.39 is 23.6 Å². The molecule has 2 heterocycles. The minimum atomic E-state index is -2.73. The van der Waals surface area contributed by atoms with Crippen molar-refractivity contribution in [1.82, 2.24) is 19.5 Å². The van der Waals surface area contributed by atoms with E-state index in [1.807, 2.05) is 0 Å². The zero-order chi connectivity index (χ0) is 17.9. The van der Waals surface area contributed by atoms with Gasteiger partial charge in [-0.15, -0.1) is 0 Å². The van der Waals surface area contributed by atoms with Gasteiger partial charge >= 0.3 is 0 Å². The van der Waals surface area contributed by atoms with Gasteiger partial charge in [0.05, 0.1) is 11.7 Å². The van der Waals surface area contributed by atoms with E-state index >= 15 is 0 Å². The minimum absolute atomic E-state index is 0.0545. The highest BCUT2D eigenvalue weighted by atomic mass is 19.3. The number of rotatable bonds is 2. The molecule has 5 nitrogen and oxygen atoms in total. The van der Waals surface area contributed by atoms with Crippen molar-refractivity contribution >= 4 is 17.0 Å². The third-order valence-electron chi connectivity index (χ3n) is 4.39. The van der Waals surface area contributed by atoms with Crippen LogP contribution < -0.4 is 5.73 Å². The molecule has 9 heteroatoms. The number of aryl methyl sites for hydroxylation is 1. The summed E-state index contributed by atoms with van der Waals surface area (Å²) in [6, 6.07) is 2.11. The van der Waals surface area contributed by atoms with Crippen LogP contribution in [0.15, 0.2) is 18.3 Å². The molecule has 1 aromatic carbocycles. The number of nitrogens with two attached hydrogens (primary N) is 1. The molecule has 1 fully saturated rings. The van der Waals surface area contributed by atoms with Crippen molar-refractivity contribution in [2.24, 2.45) is 0 Å². The number of anilines is 1. The van der Waals surface area contributed by atoms with Crippen molar-refractivity contribution in [3.05, 3.63) is 35.8 Å². The molecule has 1 aliphatic rings. The summed E-state index contributed by atoms with van der Waals surface area (Å²) < 4.78 is 56.5. The zero-order valence-corrected chi connectivity index (χ0v) is 13.1. The highest BCUT2D eigenvalue weighted by Gasteiger charge is 2.47. The molecule has 0 saturated heterocycles. The highest BCUT2D eigenvalue weighted by molar-refractivity contribution is 5.83. The number of benzene rings is 1. The van der Waals surface area contributed by atoms with E-state index in [1.165, 1.54) is 6.07 Å². The Balaban J connectivity index is 1.90. The summed E-state index contributed by atoms with van der Waals surface area (Å²) in [5, 5.41) is 0. The minimum Gasteiger partial charge on any atom is -0.368 e. The Kier molecular flexibility index (Phi) is 3.25. The van der Waals surface area contributed by atoms with E-state index in [-0.39, 0.29) is 35.6 Å². The first-order valence-corrected chi connectivity index (χ1v) is 7.59. The van der Waals surface area contributed by atoms with Gasteiger partial charge in [-0.3, -0.25) is 0 Å². The Morgan fingerprint density at radius 1 is 1.16 bits per heavy atom. The molecule has 0 spiro atoms. The van der Waals surface area contributed by atoms with E-state index in [1.54, 1.807) is 11.5 Å². The fraction of sp³-hybridized carbons (Fsp3) is 0.312. The third-order valence-corrected chi connectivity index (χ3v) is 4.39. The van der Waals surface area contributed by atoms with Crippen LogP contribution in [0.25, 0.3) is 22.3 Å². The van der Waals surface area contributed by atoms with Gasteiger partial charge in [0, 0.05) is 24.4 Å². The Morgan fingerprint density at radius 2 is 1.88 bits per heavy atom. The second-order valence-corrected chi connectivity index (χ2v) is 6.20. The standard InChI is InChI=1S/C16H13F4N5/c1-7-23-14-10(17)2-8(13-11(18)6-22-15(21)24-13)3-12(14)25(7)9-4-16(19,20)5-9/h2-3,6,9H,4-5H2,1H3,(H2,21,22,24). The molecule has 2 N–H and O–H groups in total. The maximum atomic E-state index is 14.5. The van der Waals surface area contributed by atoms with Crippen LogP contribution >= 0.6 is 0 Å². The summed E-state index contributed by atoms with van der Waals surface area (Å²) in [6.45, 7) is 1.62. The van der Waals surface area contributed by atoms with Gasteiger partial charge in [0.15, 0.2) is 11.6 Å². The molecule has 4 rings (SSSR count). The summed E-state index contributed by atoms with van der Waals surface area (Å²) in [5.74, 6) is -3.89. The Labute approximate surface area is 139 Å². The van der Waals surface area contributed by atoms with Crippen LogP contribution in [-0.2, 0) is 0 Å². The van der Waals surface area contributed by atoms with Crippen LogP contribution in [0.3, 0.4) is 0 Å². The van der Waals surface area contributed by atoms with Gasteiger partial charge in [-0.2, -0.15) is 0 Å². The van der Waals surface area contributed by atoms with Crippen molar-refractivity contribution in [2.45, 2.75) is 31.7 Å². The molecule has 0 radical (unpaired) electrons. The largest absolute Gasteiger partial charge is 0.368 e. The van der Waals surface area contributed by atoms with Gasteiger partial charge in [0.25, 0.3) is 5.92 Å². The molecule has 0 amide bonds. The number of hydrogen-bond acceptors (Lipinski definition) is 4. The fourth-order valence-corrected chi connectivity index (χ4v) is 3.26. The van der Waals surface area contributed by atoms with E-state index in [0.29, 0.717) is 11.3 Å². The topological polar surface area (TPSA) is 69.6 Å². The average Bonchev–Trinajstić information content (AvgIpc) is 2.83. The first-order valence-electron chi connectivity index (χ1n) is 7.59. The first kappa shape index (κ1) is 15.8. The van der Waals surface area contributed by atoms with Gasteiger partial charge in [0.2, 0.25) is 5.95 Å². The molecule has 130 valence electrons. The zero-order valence-electron chi connectivity index (χ0n) is 13.1. The summed E-state index contributed by atoms with van der Waals surface area (Å²) >= 11 is 0. The van der Waals surface area contributed by atoms with Crippen molar-refractivity contribution < 1.29 is 17.6 Å². The van der Waals surface area contributed by atoms with Gasteiger partial charge < -0.3 is 10.3 Å². The van der Waals surface area contributed by atoms with Crippen LogP contribution in [0.5, 0.6) is 0 Å². The Morgan fingerprint density at radius 3 is 2.56 bits per heavy atom. The maximum absolute atomic E-state index is 14.5.